The molecule has 1 amide bonds. The quantitative estimate of drug-likeness (QED) is 0.871. The second kappa shape index (κ2) is 5.19. The lowest BCUT2D eigenvalue weighted by molar-refractivity contribution is -0.126. The first-order valence-electron chi connectivity index (χ1n) is 7.37. The smallest absolute Gasteiger partial charge is 0.231 e. The molecule has 0 radical (unpaired) electrons. The van der Waals surface area contributed by atoms with Crippen LogP contribution in [0.4, 0.5) is 0 Å². The zero-order valence-electron chi connectivity index (χ0n) is 11.7. The van der Waals surface area contributed by atoms with Gasteiger partial charge in [0.2, 0.25) is 5.91 Å². The van der Waals surface area contributed by atoms with Crippen LogP contribution in [-0.4, -0.2) is 31.2 Å². The molecular weight excluding hydrogens is 252 g/mol. The van der Waals surface area contributed by atoms with Crippen LogP contribution in [0.1, 0.15) is 31.2 Å². The van der Waals surface area contributed by atoms with Crippen LogP contribution in [0.5, 0.6) is 0 Å². The molecule has 20 heavy (non-hydrogen) atoms. The lowest BCUT2D eigenvalue weighted by Crippen LogP contribution is -2.58. The van der Waals surface area contributed by atoms with E-state index in [9.17, 15) is 4.79 Å². The molecule has 0 atom stereocenters. The number of carbonyl (C=O) groups is 1. The first kappa shape index (κ1) is 13.6. The van der Waals surface area contributed by atoms with E-state index in [1.54, 1.807) is 0 Å². The minimum Gasteiger partial charge on any atom is -0.381 e. The third-order valence-corrected chi connectivity index (χ3v) is 4.73. The summed E-state index contributed by atoms with van der Waals surface area (Å²) in [4.78, 5) is 12.8. The largest absolute Gasteiger partial charge is 0.381 e. The summed E-state index contributed by atoms with van der Waals surface area (Å²) in [5.41, 5.74) is 6.44. The molecule has 1 aromatic rings. The van der Waals surface area contributed by atoms with Crippen molar-refractivity contribution in [3.63, 3.8) is 0 Å². The predicted octanol–water partition coefficient (Wildman–Crippen LogP) is 1.34. The van der Waals surface area contributed by atoms with Crippen molar-refractivity contribution < 1.29 is 9.53 Å². The molecule has 4 nitrogen and oxygen atoms in total. The molecule has 0 unspecified atom stereocenters. The van der Waals surface area contributed by atoms with Crippen LogP contribution in [0.15, 0.2) is 30.3 Å². The number of benzene rings is 1. The second-order valence-electron chi connectivity index (χ2n) is 6.00. The molecule has 0 aromatic heterocycles. The summed E-state index contributed by atoms with van der Waals surface area (Å²) in [5, 5.41) is 3.24. The third-order valence-electron chi connectivity index (χ3n) is 4.73. The molecule has 4 heteroatoms. The van der Waals surface area contributed by atoms with Gasteiger partial charge in [-0.15, -0.1) is 0 Å². The van der Waals surface area contributed by atoms with E-state index < -0.39 is 0 Å². The molecule has 3 rings (SSSR count). The molecule has 1 aliphatic carbocycles. The van der Waals surface area contributed by atoms with Gasteiger partial charge in [-0.2, -0.15) is 0 Å². The van der Waals surface area contributed by atoms with Crippen molar-refractivity contribution in [2.45, 2.75) is 36.6 Å². The van der Waals surface area contributed by atoms with Crippen LogP contribution in [0, 0.1) is 0 Å². The fourth-order valence-corrected chi connectivity index (χ4v) is 3.03. The summed E-state index contributed by atoms with van der Waals surface area (Å²) in [6.07, 6.45) is 3.47. The van der Waals surface area contributed by atoms with E-state index in [1.807, 2.05) is 30.3 Å². The molecule has 1 saturated carbocycles. The Morgan fingerprint density at radius 1 is 1.15 bits per heavy atom. The first-order chi connectivity index (χ1) is 9.71. The van der Waals surface area contributed by atoms with E-state index in [-0.39, 0.29) is 16.9 Å². The van der Waals surface area contributed by atoms with Crippen LogP contribution in [0.25, 0.3) is 0 Å². The van der Waals surface area contributed by atoms with E-state index in [1.165, 1.54) is 0 Å². The highest BCUT2D eigenvalue weighted by atomic mass is 16.5. The number of rotatable bonds is 4. The Hall–Kier alpha value is -1.39. The molecule has 108 valence electrons. The summed E-state index contributed by atoms with van der Waals surface area (Å²) in [5.74, 6) is 0.135. The van der Waals surface area contributed by atoms with E-state index >= 15 is 0 Å². The highest BCUT2D eigenvalue weighted by Crippen LogP contribution is 2.48. The van der Waals surface area contributed by atoms with Crippen molar-refractivity contribution in [2.75, 3.05) is 19.8 Å². The lowest BCUT2D eigenvalue weighted by Gasteiger charge is -2.38. The number of carbonyl (C=O) groups excluding carboxylic acids is 1. The number of hydrogen-bond donors (Lipinski definition) is 2. The SMILES string of the molecule is NCC1(NC(=O)C2(c3ccccc3)CC2)CCOCC1. The Morgan fingerprint density at radius 3 is 2.35 bits per heavy atom. The normalized spacial score (nSPS) is 23.1. The summed E-state index contributed by atoms with van der Waals surface area (Å²) < 4.78 is 5.39. The zero-order valence-corrected chi connectivity index (χ0v) is 11.7. The molecular formula is C16H22N2O2. The Balaban J connectivity index is 1.76. The Bertz CT molecular complexity index is 477. The number of nitrogens with one attached hydrogen (secondary N) is 1. The molecule has 1 aromatic carbocycles. The van der Waals surface area contributed by atoms with E-state index in [0.29, 0.717) is 19.8 Å². The van der Waals surface area contributed by atoms with Crippen molar-refractivity contribution in [2.24, 2.45) is 5.73 Å². The summed E-state index contributed by atoms with van der Waals surface area (Å²) in [7, 11) is 0. The monoisotopic (exact) mass is 274 g/mol. The zero-order chi connectivity index (χ0) is 14.1. The average Bonchev–Trinajstić information content (AvgIpc) is 3.31. The van der Waals surface area contributed by atoms with Crippen LogP contribution in [0.2, 0.25) is 0 Å². The topological polar surface area (TPSA) is 64.3 Å². The van der Waals surface area contributed by atoms with E-state index in [0.717, 1.165) is 31.2 Å². The van der Waals surface area contributed by atoms with Gasteiger partial charge in [0.25, 0.3) is 0 Å². The van der Waals surface area contributed by atoms with Crippen molar-refractivity contribution in [3.05, 3.63) is 35.9 Å². The van der Waals surface area contributed by atoms with Gasteiger partial charge in [0, 0.05) is 19.8 Å². The molecule has 0 spiro atoms. The van der Waals surface area contributed by atoms with Gasteiger partial charge in [-0.25, -0.2) is 0 Å². The number of hydrogen-bond acceptors (Lipinski definition) is 3. The summed E-state index contributed by atoms with van der Waals surface area (Å²) in [6, 6.07) is 10.1. The van der Waals surface area contributed by atoms with Gasteiger partial charge in [-0.05, 0) is 31.2 Å². The maximum atomic E-state index is 12.8. The van der Waals surface area contributed by atoms with Gasteiger partial charge in [-0.1, -0.05) is 30.3 Å². The molecule has 2 aliphatic rings. The maximum Gasteiger partial charge on any atom is 0.231 e. The summed E-state index contributed by atoms with van der Waals surface area (Å²) in [6.45, 7) is 1.83. The molecule has 1 aliphatic heterocycles. The van der Waals surface area contributed by atoms with Crippen molar-refractivity contribution in [1.82, 2.24) is 5.32 Å². The van der Waals surface area contributed by atoms with Crippen molar-refractivity contribution >= 4 is 5.91 Å². The van der Waals surface area contributed by atoms with Crippen molar-refractivity contribution in [3.8, 4) is 0 Å². The highest BCUT2D eigenvalue weighted by Gasteiger charge is 2.52. The van der Waals surface area contributed by atoms with Gasteiger partial charge >= 0.3 is 0 Å². The van der Waals surface area contributed by atoms with Crippen LogP contribution in [-0.2, 0) is 14.9 Å². The Kier molecular flexibility index (Phi) is 3.52. The average molecular weight is 274 g/mol. The van der Waals surface area contributed by atoms with Crippen molar-refractivity contribution in [1.29, 1.82) is 0 Å². The molecule has 3 N–H and O–H groups in total. The van der Waals surface area contributed by atoms with Gasteiger partial charge in [0.05, 0.1) is 11.0 Å². The van der Waals surface area contributed by atoms with Gasteiger partial charge in [0.1, 0.15) is 0 Å². The molecule has 1 saturated heterocycles. The van der Waals surface area contributed by atoms with Crippen LogP contribution >= 0.6 is 0 Å². The number of amides is 1. The van der Waals surface area contributed by atoms with E-state index in [2.05, 4.69) is 5.32 Å². The Morgan fingerprint density at radius 2 is 1.80 bits per heavy atom. The molecule has 1 heterocycles. The summed E-state index contributed by atoms with van der Waals surface area (Å²) >= 11 is 0. The number of ether oxygens (including phenoxy) is 1. The second-order valence-corrected chi connectivity index (χ2v) is 6.00. The highest BCUT2D eigenvalue weighted by molar-refractivity contribution is 5.91. The van der Waals surface area contributed by atoms with E-state index in [4.69, 9.17) is 10.5 Å². The molecule has 2 fully saturated rings. The maximum absolute atomic E-state index is 12.8. The van der Waals surface area contributed by atoms with Gasteiger partial charge in [-0.3, -0.25) is 4.79 Å². The Labute approximate surface area is 119 Å². The van der Waals surface area contributed by atoms with Gasteiger partial charge in [0.15, 0.2) is 0 Å². The third kappa shape index (κ3) is 2.34. The van der Waals surface area contributed by atoms with Crippen LogP contribution in [0.3, 0.4) is 0 Å². The fraction of sp³-hybridized carbons (Fsp3) is 0.562. The van der Waals surface area contributed by atoms with Gasteiger partial charge < -0.3 is 15.8 Å². The lowest BCUT2D eigenvalue weighted by atomic mass is 9.87. The minimum atomic E-state index is -0.318. The first-order valence-corrected chi connectivity index (χ1v) is 7.37. The minimum absolute atomic E-state index is 0.135. The van der Waals surface area contributed by atoms with Crippen LogP contribution < -0.4 is 11.1 Å². The predicted molar refractivity (Wildman–Crippen MR) is 77.3 cm³/mol. The number of nitrogens with two attached hydrogens (primary N) is 1. The standard InChI is InChI=1S/C16H22N2O2/c17-12-15(8-10-20-11-9-15)18-14(19)16(6-7-16)13-4-2-1-3-5-13/h1-5H,6-12,17H2,(H,18,19). The molecule has 0 bridgehead atoms. The fourth-order valence-electron chi connectivity index (χ4n) is 3.03.